The van der Waals surface area contributed by atoms with E-state index in [4.69, 9.17) is 9.84 Å². The molecule has 0 aliphatic carbocycles. The number of methoxy groups -OCH3 is 1. The SMILES string of the molecule is COc1ccc(S(=O)(=O)Nc2nc(CCC(=O)O)cs2)cc1. The number of carboxylic acid groups (broad SMARTS) is 1. The zero-order valence-corrected chi connectivity index (χ0v) is 13.3. The van der Waals surface area contributed by atoms with Gasteiger partial charge in [0.2, 0.25) is 0 Å². The van der Waals surface area contributed by atoms with Crippen LogP contribution in [0, 0.1) is 0 Å². The van der Waals surface area contributed by atoms with Gasteiger partial charge in [-0.25, -0.2) is 13.4 Å². The number of aromatic nitrogens is 1. The molecule has 7 nitrogen and oxygen atoms in total. The standard InChI is InChI=1S/C13H14N2O5S2/c1-20-10-3-5-11(6-4-10)22(18,19)15-13-14-9(8-21-13)2-7-12(16)17/h3-6,8H,2,7H2,1H3,(H,14,15)(H,16,17). The third-order valence-corrected chi connectivity index (χ3v) is 5.03. The molecule has 0 fully saturated rings. The van der Waals surface area contributed by atoms with Gasteiger partial charge < -0.3 is 9.84 Å². The van der Waals surface area contributed by atoms with Gasteiger partial charge in [-0.1, -0.05) is 0 Å². The number of hydrogen-bond acceptors (Lipinski definition) is 6. The zero-order valence-electron chi connectivity index (χ0n) is 11.6. The lowest BCUT2D eigenvalue weighted by Gasteiger charge is -2.06. The van der Waals surface area contributed by atoms with Gasteiger partial charge in [0.1, 0.15) is 5.75 Å². The van der Waals surface area contributed by atoms with Crippen LogP contribution >= 0.6 is 11.3 Å². The van der Waals surface area contributed by atoms with Crippen molar-refractivity contribution in [1.29, 1.82) is 0 Å². The van der Waals surface area contributed by atoms with Crippen LogP contribution in [-0.2, 0) is 21.2 Å². The highest BCUT2D eigenvalue weighted by Gasteiger charge is 2.16. The predicted octanol–water partition coefficient (Wildman–Crippen LogP) is 1.97. The molecular weight excluding hydrogens is 328 g/mol. The van der Waals surface area contributed by atoms with E-state index < -0.39 is 16.0 Å². The fourth-order valence-corrected chi connectivity index (χ4v) is 3.63. The summed E-state index contributed by atoms with van der Waals surface area (Å²) in [5, 5.41) is 10.5. The van der Waals surface area contributed by atoms with Crippen molar-refractivity contribution in [2.24, 2.45) is 0 Å². The normalized spacial score (nSPS) is 11.1. The van der Waals surface area contributed by atoms with E-state index in [1.54, 1.807) is 17.5 Å². The summed E-state index contributed by atoms with van der Waals surface area (Å²) in [5.41, 5.74) is 0.542. The van der Waals surface area contributed by atoms with Gasteiger partial charge in [0, 0.05) is 11.8 Å². The van der Waals surface area contributed by atoms with E-state index in [1.165, 1.54) is 19.2 Å². The number of carbonyl (C=O) groups is 1. The first-order valence-corrected chi connectivity index (χ1v) is 8.60. The minimum atomic E-state index is -3.73. The van der Waals surface area contributed by atoms with Gasteiger partial charge in [-0.3, -0.25) is 9.52 Å². The number of nitrogens with one attached hydrogen (secondary N) is 1. The first-order chi connectivity index (χ1) is 10.4. The Kier molecular flexibility index (Phi) is 4.99. The molecule has 0 spiro atoms. The van der Waals surface area contributed by atoms with E-state index in [0.717, 1.165) is 11.3 Å². The Hall–Kier alpha value is -2.13. The van der Waals surface area contributed by atoms with Crippen LogP contribution in [0.3, 0.4) is 0 Å². The Morgan fingerprint density at radius 3 is 2.64 bits per heavy atom. The molecule has 2 aromatic rings. The molecule has 2 N–H and O–H groups in total. The highest BCUT2D eigenvalue weighted by molar-refractivity contribution is 7.93. The summed E-state index contributed by atoms with van der Waals surface area (Å²) >= 11 is 1.11. The first kappa shape index (κ1) is 16.2. The van der Waals surface area contributed by atoms with Crippen LogP contribution in [0.5, 0.6) is 5.75 Å². The molecule has 0 saturated heterocycles. The molecule has 0 radical (unpaired) electrons. The molecule has 9 heteroatoms. The average molecular weight is 342 g/mol. The van der Waals surface area contributed by atoms with Crippen molar-refractivity contribution in [2.45, 2.75) is 17.7 Å². The highest BCUT2D eigenvalue weighted by Crippen LogP contribution is 2.22. The van der Waals surface area contributed by atoms with Gasteiger partial charge in [0.25, 0.3) is 10.0 Å². The van der Waals surface area contributed by atoms with Gasteiger partial charge >= 0.3 is 5.97 Å². The summed E-state index contributed by atoms with van der Waals surface area (Å²) in [7, 11) is -2.23. The molecule has 0 amide bonds. The van der Waals surface area contributed by atoms with Gasteiger partial charge in [0.05, 0.1) is 24.1 Å². The number of aliphatic carboxylic acids is 1. The summed E-state index contributed by atoms with van der Waals surface area (Å²) in [5.74, 6) is -0.363. The third-order valence-electron chi connectivity index (χ3n) is 2.74. The lowest BCUT2D eigenvalue weighted by Crippen LogP contribution is -2.12. The van der Waals surface area contributed by atoms with Crippen molar-refractivity contribution in [3.63, 3.8) is 0 Å². The van der Waals surface area contributed by atoms with Crippen molar-refractivity contribution in [3.05, 3.63) is 35.3 Å². The quantitative estimate of drug-likeness (QED) is 0.797. The molecule has 0 aliphatic heterocycles. The fourth-order valence-electron chi connectivity index (χ4n) is 1.63. The highest BCUT2D eigenvalue weighted by atomic mass is 32.2. The molecule has 118 valence electrons. The second kappa shape index (κ2) is 6.75. The van der Waals surface area contributed by atoms with E-state index in [1.807, 2.05) is 0 Å². The fraction of sp³-hybridized carbons (Fsp3) is 0.231. The number of thiazole rings is 1. The summed E-state index contributed by atoms with van der Waals surface area (Å²) in [4.78, 5) is 14.7. The number of hydrogen-bond donors (Lipinski definition) is 2. The number of rotatable bonds is 7. The van der Waals surface area contributed by atoms with Crippen molar-refractivity contribution in [2.75, 3.05) is 11.8 Å². The number of aryl methyl sites for hydroxylation is 1. The number of sulfonamides is 1. The molecule has 0 bridgehead atoms. The van der Waals surface area contributed by atoms with E-state index in [9.17, 15) is 13.2 Å². The summed E-state index contributed by atoms with van der Waals surface area (Å²) in [6.45, 7) is 0. The zero-order chi connectivity index (χ0) is 16.2. The summed E-state index contributed by atoms with van der Waals surface area (Å²) < 4.78 is 31.7. The Morgan fingerprint density at radius 1 is 1.36 bits per heavy atom. The molecule has 1 aromatic carbocycles. The minimum absolute atomic E-state index is 0.0472. The van der Waals surface area contributed by atoms with E-state index in [0.29, 0.717) is 11.4 Å². The molecule has 1 aromatic heterocycles. The Bertz CT molecular complexity index is 753. The molecule has 0 aliphatic rings. The van der Waals surface area contributed by atoms with E-state index in [-0.39, 0.29) is 22.9 Å². The third kappa shape index (κ3) is 4.18. The average Bonchev–Trinajstić information content (AvgIpc) is 2.92. The second-order valence-corrected chi connectivity index (χ2v) is 6.86. The van der Waals surface area contributed by atoms with Crippen LogP contribution in [0.25, 0.3) is 0 Å². The van der Waals surface area contributed by atoms with Crippen LogP contribution < -0.4 is 9.46 Å². The second-order valence-electron chi connectivity index (χ2n) is 4.32. The van der Waals surface area contributed by atoms with Crippen molar-refractivity contribution < 1.29 is 23.1 Å². The molecule has 0 saturated carbocycles. The van der Waals surface area contributed by atoms with Crippen LogP contribution in [-0.4, -0.2) is 31.6 Å². The summed E-state index contributed by atoms with van der Waals surface area (Å²) in [6, 6.07) is 5.96. The van der Waals surface area contributed by atoms with Gasteiger partial charge in [0.15, 0.2) is 5.13 Å². The van der Waals surface area contributed by atoms with E-state index >= 15 is 0 Å². The first-order valence-electron chi connectivity index (χ1n) is 6.24. The molecule has 2 rings (SSSR count). The molecule has 0 unspecified atom stereocenters. The molecule has 22 heavy (non-hydrogen) atoms. The van der Waals surface area contributed by atoms with Crippen molar-refractivity contribution in [3.8, 4) is 5.75 Å². The number of benzene rings is 1. The smallest absolute Gasteiger partial charge is 0.303 e. The Balaban J connectivity index is 2.09. The number of nitrogens with zero attached hydrogens (tertiary/aromatic N) is 1. The van der Waals surface area contributed by atoms with Gasteiger partial charge in [-0.05, 0) is 24.3 Å². The maximum atomic E-state index is 12.2. The monoisotopic (exact) mass is 342 g/mol. The maximum Gasteiger partial charge on any atom is 0.303 e. The van der Waals surface area contributed by atoms with Crippen LogP contribution in [0.4, 0.5) is 5.13 Å². The van der Waals surface area contributed by atoms with Crippen molar-refractivity contribution >= 4 is 32.5 Å². The number of anilines is 1. The Morgan fingerprint density at radius 2 is 2.05 bits per heavy atom. The van der Waals surface area contributed by atoms with Crippen LogP contribution in [0.1, 0.15) is 12.1 Å². The predicted molar refractivity (Wildman–Crippen MR) is 81.9 cm³/mol. The van der Waals surface area contributed by atoms with Crippen LogP contribution in [0.2, 0.25) is 0 Å². The maximum absolute atomic E-state index is 12.2. The lowest BCUT2D eigenvalue weighted by atomic mass is 10.3. The molecular formula is C13H14N2O5S2. The lowest BCUT2D eigenvalue weighted by molar-refractivity contribution is -0.136. The molecule has 1 heterocycles. The number of ether oxygens (including phenoxy) is 1. The largest absolute Gasteiger partial charge is 0.497 e. The van der Waals surface area contributed by atoms with Gasteiger partial charge in [-0.2, -0.15) is 0 Å². The summed E-state index contributed by atoms with van der Waals surface area (Å²) in [6.07, 6.45) is 0.213. The van der Waals surface area contributed by atoms with Gasteiger partial charge in [-0.15, -0.1) is 11.3 Å². The van der Waals surface area contributed by atoms with Crippen molar-refractivity contribution in [1.82, 2.24) is 4.98 Å². The van der Waals surface area contributed by atoms with Crippen LogP contribution in [0.15, 0.2) is 34.5 Å². The Labute approximate surface area is 131 Å². The number of carboxylic acids is 1. The topological polar surface area (TPSA) is 106 Å². The minimum Gasteiger partial charge on any atom is -0.497 e. The van der Waals surface area contributed by atoms with E-state index in [2.05, 4.69) is 9.71 Å². The molecule has 0 atom stereocenters.